The molecule has 13 heteroatoms. The Kier molecular flexibility index (Phi) is 7.04. The summed E-state index contributed by atoms with van der Waals surface area (Å²) in [4.78, 5) is 17.2. The molecule has 10 nitrogen and oxygen atoms in total. The minimum absolute atomic E-state index is 0.0584. The molecule has 1 aromatic heterocycles. The van der Waals surface area contributed by atoms with Crippen LogP contribution in [0.25, 0.3) is 10.2 Å². The molecule has 0 bridgehead atoms. The smallest absolute Gasteiger partial charge is 0.243 e. The first kappa shape index (κ1) is 25.4. The number of thiazole rings is 1. The average molecular weight is 540 g/mol. The lowest BCUT2D eigenvalue weighted by atomic mass is 9.97. The van der Waals surface area contributed by atoms with E-state index in [0.29, 0.717) is 35.0 Å². The Bertz CT molecular complexity index is 1430. The Balaban J connectivity index is 1.45. The topological polar surface area (TPSA) is 132 Å². The fraction of sp³-hybridized carbons (Fsp3) is 0.364. The third-order valence-electron chi connectivity index (χ3n) is 5.84. The van der Waals surface area contributed by atoms with E-state index in [4.69, 9.17) is 9.47 Å². The first-order valence-corrected chi connectivity index (χ1v) is 14.8. The molecule has 0 spiro atoms. The highest BCUT2D eigenvalue weighted by atomic mass is 32.2. The van der Waals surface area contributed by atoms with E-state index in [2.05, 4.69) is 10.3 Å². The average Bonchev–Trinajstić information content (AvgIpc) is 3.26. The van der Waals surface area contributed by atoms with Crippen molar-refractivity contribution >= 4 is 52.5 Å². The van der Waals surface area contributed by atoms with Crippen molar-refractivity contribution in [3.05, 3.63) is 36.4 Å². The van der Waals surface area contributed by atoms with Gasteiger partial charge in [0.1, 0.15) is 21.7 Å². The molecule has 1 fully saturated rings. The number of sulfone groups is 1. The summed E-state index contributed by atoms with van der Waals surface area (Å²) in [5.41, 5.74) is 0.587. The van der Waals surface area contributed by atoms with Crippen LogP contribution in [0.2, 0.25) is 0 Å². The van der Waals surface area contributed by atoms with Gasteiger partial charge in [-0.2, -0.15) is 4.31 Å². The monoisotopic (exact) mass is 539 g/mol. The number of methoxy groups -OCH3 is 2. The van der Waals surface area contributed by atoms with Crippen molar-refractivity contribution in [2.24, 2.45) is 5.92 Å². The molecule has 0 radical (unpaired) electrons. The number of fused-ring (bicyclic) bond motifs is 1. The van der Waals surface area contributed by atoms with E-state index in [0.717, 1.165) is 11.0 Å². The van der Waals surface area contributed by atoms with Crippen LogP contribution in [0.3, 0.4) is 0 Å². The van der Waals surface area contributed by atoms with E-state index >= 15 is 0 Å². The third-order valence-corrected chi connectivity index (χ3v) is 9.83. The van der Waals surface area contributed by atoms with Gasteiger partial charge >= 0.3 is 0 Å². The summed E-state index contributed by atoms with van der Waals surface area (Å²) in [5, 5.41) is 3.24. The standard InChI is InChI=1S/C22H25N3O7S3/c1-31-17-7-8-18(32-2)20-19(17)23-22(33-20)24-21(26)14-9-11-25(12-10-14)35(29,30)16-6-4-5-15(13-16)34(3,27)28/h4-8,13-14H,9-12H2,1-3H3,(H,23,24,26). The SMILES string of the molecule is COc1ccc(OC)c2sc(NC(=O)C3CCN(S(=O)(=O)c4cccc(S(C)(=O)=O)c4)CC3)nc12. The largest absolute Gasteiger partial charge is 0.495 e. The Morgan fingerprint density at radius 2 is 1.66 bits per heavy atom. The van der Waals surface area contributed by atoms with Crippen molar-refractivity contribution in [2.75, 3.05) is 38.9 Å². The molecule has 2 heterocycles. The van der Waals surface area contributed by atoms with Crippen molar-refractivity contribution in [3.63, 3.8) is 0 Å². The highest BCUT2D eigenvalue weighted by molar-refractivity contribution is 7.91. The zero-order chi connectivity index (χ0) is 25.4. The number of anilines is 1. The third kappa shape index (κ3) is 5.13. The van der Waals surface area contributed by atoms with Gasteiger partial charge in [0.05, 0.1) is 24.0 Å². The number of ether oxygens (including phenoxy) is 2. The van der Waals surface area contributed by atoms with Crippen LogP contribution >= 0.6 is 11.3 Å². The molecule has 1 amide bonds. The summed E-state index contributed by atoms with van der Waals surface area (Å²) >= 11 is 1.27. The number of hydrogen-bond donors (Lipinski definition) is 1. The van der Waals surface area contributed by atoms with E-state index in [1.807, 2.05) is 0 Å². The molecule has 1 N–H and O–H groups in total. The second kappa shape index (κ2) is 9.72. The predicted octanol–water partition coefficient (Wildman–Crippen LogP) is 2.76. The molecular weight excluding hydrogens is 514 g/mol. The van der Waals surface area contributed by atoms with Gasteiger partial charge in [0.2, 0.25) is 15.9 Å². The van der Waals surface area contributed by atoms with E-state index in [1.165, 1.54) is 47.0 Å². The van der Waals surface area contributed by atoms with Gasteiger partial charge in [-0.25, -0.2) is 21.8 Å². The van der Waals surface area contributed by atoms with Crippen molar-refractivity contribution in [3.8, 4) is 11.5 Å². The van der Waals surface area contributed by atoms with Gasteiger partial charge < -0.3 is 14.8 Å². The van der Waals surface area contributed by atoms with Crippen LogP contribution in [0.1, 0.15) is 12.8 Å². The molecule has 188 valence electrons. The van der Waals surface area contributed by atoms with Crippen LogP contribution in [0.5, 0.6) is 11.5 Å². The predicted molar refractivity (Wildman–Crippen MR) is 132 cm³/mol. The summed E-state index contributed by atoms with van der Waals surface area (Å²) < 4.78 is 62.5. The lowest BCUT2D eigenvalue weighted by molar-refractivity contribution is -0.120. The second-order valence-corrected chi connectivity index (χ2v) is 13.0. The van der Waals surface area contributed by atoms with E-state index in [-0.39, 0.29) is 34.7 Å². The maximum absolute atomic E-state index is 13.1. The number of nitrogens with one attached hydrogen (secondary N) is 1. The highest BCUT2D eigenvalue weighted by Crippen LogP contribution is 2.39. The number of nitrogens with zero attached hydrogens (tertiary/aromatic N) is 2. The van der Waals surface area contributed by atoms with Crippen molar-refractivity contribution < 1.29 is 31.1 Å². The summed E-state index contributed by atoms with van der Waals surface area (Å²) in [7, 11) is -4.33. The quantitative estimate of drug-likeness (QED) is 0.485. The normalized spacial score (nSPS) is 15.7. The van der Waals surface area contributed by atoms with E-state index < -0.39 is 19.9 Å². The number of carbonyl (C=O) groups excluding carboxylic acids is 1. The number of amides is 1. The Labute approximate surface area is 207 Å². The van der Waals surface area contributed by atoms with Gasteiger partial charge in [0.15, 0.2) is 15.0 Å². The van der Waals surface area contributed by atoms with Gasteiger partial charge in [-0.15, -0.1) is 0 Å². The van der Waals surface area contributed by atoms with Crippen LogP contribution in [0, 0.1) is 5.92 Å². The Morgan fingerprint density at radius 1 is 1.03 bits per heavy atom. The molecule has 4 rings (SSSR count). The lowest BCUT2D eigenvalue weighted by Crippen LogP contribution is -2.41. The maximum atomic E-state index is 13.1. The minimum atomic E-state index is -3.89. The Morgan fingerprint density at radius 3 is 2.29 bits per heavy atom. The van der Waals surface area contributed by atoms with Gasteiger partial charge in [-0.05, 0) is 43.2 Å². The number of aromatic nitrogens is 1. The number of rotatable bonds is 7. The summed E-state index contributed by atoms with van der Waals surface area (Å²) in [6.07, 6.45) is 1.68. The van der Waals surface area contributed by atoms with E-state index in [1.54, 1.807) is 19.2 Å². The maximum Gasteiger partial charge on any atom is 0.243 e. The van der Waals surface area contributed by atoms with E-state index in [9.17, 15) is 21.6 Å². The van der Waals surface area contributed by atoms with Crippen molar-refractivity contribution in [1.29, 1.82) is 0 Å². The molecule has 35 heavy (non-hydrogen) atoms. The van der Waals surface area contributed by atoms with Gasteiger partial charge in [0, 0.05) is 25.3 Å². The summed E-state index contributed by atoms with van der Waals surface area (Å²) in [6, 6.07) is 8.82. The van der Waals surface area contributed by atoms with Crippen LogP contribution in [-0.2, 0) is 24.7 Å². The van der Waals surface area contributed by atoms with Gasteiger partial charge in [0.25, 0.3) is 0 Å². The van der Waals surface area contributed by atoms with Gasteiger partial charge in [-0.3, -0.25) is 4.79 Å². The molecule has 0 unspecified atom stereocenters. The van der Waals surface area contributed by atoms with Gasteiger partial charge in [-0.1, -0.05) is 17.4 Å². The van der Waals surface area contributed by atoms with Crippen LogP contribution in [-0.4, -0.2) is 65.6 Å². The van der Waals surface area contributed by atoms with Crippen LogP contribution in [0.4, 0.5) is 5.13 Å². The molecule has 0 atom stereocenters. The highest BCUT2D eigenvalue weighted by Gasteiger charge is 2.33. The summed E-state index contributed by atoms with van der Waals surface area (Å²) in [5.74, 6) is 0.561. The minimum Gasteiger partial charge on any atom is -0.495 e. The van der Waals surface area contributed by atoms with Crippen molar-refractivity contribution in [1.82, 2.24) is 9.29 Å². The number of carbonyl (C=O) groups is 1. The first-order chi connectivity index (χ1) is 16.5. The number of piperidine rings is 1. The molecule has 1 aliphatic rings. The zero-order valence-corrected chi connectivity index (χ0v) is 21.8. The number of sulfonamides is 1. The second-order valence-electron chi connectivity index (χ2n) is 8.08. The number of hydrogen-bond acceptors (Lipinski definition) is 9. The van der Waals surface area contributed by atoms with Crippen LogP contribution in [0.15, 0.2) is 46.2 Å². The Hall–Kier alpha value is -2.74. The number of benzene rings is 2. The molecule has 0 aliphatic carbocycles. The zero-order valence-electron chi connectivity index (χ0n) is 19.3. The lowest BCUT2D eigenvalue weighted by Gasteiger charge is -2.30. The molecular formula is C22H25N3O7S3. The fourth-order valence-corrected chi connectivity index (χ4v) is 7.15. The molecule has 1 saturated heterocycles. The van der Waals surface area contributed by atoms with Crippen LogP contribution < -0.4 is 14.8 Å². The molecule has 2 aromatic carbocycles. The van der Waals surface area contributed by atoms with Crippen molar-refractivity contribution in [2.45, 2.75) is 22.6 Å². The fourth-order valence-electron chi connectivity index (χ4n) is 3.92. The molecule has 3 aromatic rings. The molecule has 1 aliphatic heterocycles. The molecule has 0 saturated carbocycles. The first-order valence-electron chi connectivity index (χ1n) is 10.7. The summed E-state index contributed by atoms with van der Waals surface area (Å²) in [6.45, 7) is 0.288.